The highest BCUT2D eigenvalue weighted by molar-refractivity contribution is 7.92. The van der Waals surface area contributed by atoms with Gasteiger partial charge < -0.3 is 4.90 Å². The lowest BCUT2D eigenvalue weighted by atomic mass is 10.1. The predicted octanol–water partition coefficient (Wildman–Crippen LogP) is 3.31. The number of carbonyl (C=O) groups excluding carboxylic acids is 1. The second-order valence-corrected chi connectivity index (χ2v) is 7.60. The van der Waals surface area contributed by atoms with Gasteiger partial charge >= 0.3 is 0 Å². The quantitative estimate of drug-likeness (QED) is 0.925. The highest BCUT2D eigenvalue weighted by atomic mass is 32.2. The zero-order valence-electron chi connectivity index (χ0n) is 13.5. The molecule has 0 radical (unpaired) electrons. The standard InChI is InChI=1S/C18H20N2O3S/c1-14-13-15(19-24(22,23)16-7-3-2-4-8-16)10-11-17(14)20-12-6-5-9-18(20)21/h2-4,7-8,10-11,13,19H,5-6,9,12H2,1H3. The summed E-state index contributed by atoms with van der Waals surface area (Å²) in [6.45, 7) is 2.60. The van der Waals surface area contributed by atoms with E-state index < -0.39 is 10.0 Å². The molecule has 1 fully saturated rings. The van der Waals surface area contributed by atoms with E-state index in [1.165, 1.54) is 0 Å². The first-order valence-corrected chi connectivity index (χ1v) is 9.44. The molecule has 0 atom stereocenters. The van der Waals surface area contributed by atoms with Crippen LogP contribution in [0.4, 0.5) is 11.4 Å². The lowest BCUT2D eigenvalue weighted by Crippen LogP contribution is -2.35. The number of carbonyl (C=O) groups is 1. The number of nitrogens with one attached hydrogen (secondary N) is 1. The van der Waals surface area contributed by atoms with E-state index in [2.05, 4.69) is 4.72 Å². The van der Waals surface area contributed by atoms with E-state index in [1.54, 1.807) is 53.4 Å². The fourth-order valence-corrected chi connectivity index (χ4v) is 3.97. The second-order valence-electron chi connectivity index (χ2n) is 5.92. The first kappa shape index (κ1) is 16.5. The molecule has 5 nitrogen and oxygen atoms in total. The molecule has 2 aromatic carbocycles. The molecule has 1 amide bonds. The van der Waals surface area contributed by atoms with Gasteiger partial charge in [0, 0.05) is 24.3 Å². The molecule has 0 spiro atoms. The topological polar surface area (TPSA) is 66.5 Å². The van der Waals surface area contributed by atoms with Gasteiger partial charge in [-0.05, 0) is 55.7 Å². The number of sulfonamides is 1. The molecule has 24 heavy (non-hydrogen) atoms. The monoisotopic (exact) mass is 344 g/mol. The summed E-state index contributed by atoms with van der Waals surface area (Å²) >= 11 is 0. The summed E-state index contributed by atoms with van der Waals surface area (Å²) in [7, 11) is -3.61. The van der Waals surface area contributed by atoms with Crippen LogP contribution in [0.5, 0.6) is 0 Å². The van der Waals surface area contributed by atoms with Crippen molar-refractivity contribution in [1.82, 2.24) is 0 Å². The van der Waals surface area contributed by atoms with Crippen molar-refractivity contribution in [2.24, 2.45) is 0 Å². The van der Waals surface area contributed by atoms with Crippen LogP contribution in [0, 0.1) is 6.92 Å². The largest absolute Gasteiger partial charge is 0.312 e. The summed E-state index contributed by atoms with van der Waals surface area (Å²) in [6.07, 6.45) is 2.50. The zero-order valence-corrected chi connectivity index (χ0v) is 14.3. The smallest absolute Gasteiger partial charge is 0.261 e. The summed E-state index contributed by atoms with van der Waals surface area (Å²) in [5.74, 6) is 0.127. The molecule has 1 heterocycles. The van der Waals surface area contributed by atoms with Crippen molar-refractivity contribution >= 4 is 27.3 Å². The number of aryl methyl sites for hydroxylation is 1. The highest BCUT2D eigenvalue weighted by Gasteiger charge is 2.21. The molecule has 1 aliphatic heterocycles. The third-order valence-corrected chi connectivity index (χ3v) is 5.51. The Balaban J connectivity index is 1.84. The second kappa shape index (κ2) is 6.65. The first-order valence-electron chi connectivity index (χ1n) is 7.96. The highest BCUT2D eigenvalue weighted by Crippen LogP contribution is 2.28. The summed E-state index contributed by atoms with van der Waals surface area (Å²) in [6, 6.07) is 13.5. The molecule has 1 N–H and O–H groups in total. The molecule has 3 rings (SSSR count). The minimum Gasteiger partial charge on any atom is -0.312 e. The Hall–Kier alpha value is -2.34. The van der Waals surface area contributed by atoms with E-state index in [0.717, 1.165) is 30.6 Å². The lowest BCUT2D eigenvalue weighted by molar-refractivity contribution is -0.119. The normalized spacial score (nSPS) is 15.4. The van der Waals surface area contributed by atoms with Crippen molar-refractivity contribution in [2.45, 2.75) is 31.1 Å². The van der Waals surface area contributed by atoms with Crippen molar-refractivity contribution in [3.8, 4) is 0 Å². The zero-order chi connectivity index (χ0) is 17.2. The number of hydrogen-bond donors (Lipinski definition) is 1. The average Bonchev–Trinajstić information content (AvgIpc) is 2.56. The molecule has 2 aromatic rings. The Morgan fingerprint density at radius 2 is 1.79 bits per heavy atom. The van der Waals surface area contributed by atoms with Gasteiger partial charge in [0.05, 0.1) is 4.90 Å². The third-order valence-electron chi connectivity index (χ3n) is 4.12. The van der Waals surface area contributed by atoms with Gasteiger partial charge in [-0.1, -0.05) is 18.2 Å². The predicted molar refractivity (Wildman–Crippen MR) is 94.6 cm³/mol. The van der Waals surface area contributed by atoms with E-state index in [9.17, 15) is 13.2 Å². The molecular formula is C18H20N2O3S. The summed E-state index contributed by atoms with van der Waals surface area (Å²) in [5.41, 5.74) is 2.21. The van der Waals surface area contributed by atoms with Gasteiger partial charge in [0.25, 0.3) is 10.0 Å². The maximum Gasteiger partial charge on any atom is 0.261 e. The Bertz CT molecular complexity index is 848. The number of piperidine rings is 1. The lowest BCUT2D eigenvalue weighted by Gasteiger charge is -2.28. The summed E-state index contributed by atoms with van der Waals surface area (Å²) < 4.78 is 27.3. The van der Waals surface area contributed by atoms with Gasteiger partial charge in [0.2, 0.25) is 5.91 Å². The van der Waals surface area contributed by atoms with E-state index in [0.29, 0.717) is 12.1 Å². The molecule has 0 bridgehead atoms. The molecule has 1 aliphatic rings. The third kappa shape index (κ3) is 3.43. The molecule has 0 saturated carbocycles. The number of rotatable bonds is 4. The molecule has 1 saturated heterocycles. The minimum absolute atomic E-state index is 0.127. The van der Waals surface area contributed by atoms with Crippen molar-refractivity contribution in [3.05, 3.63) is 54.1 Å². The summed E-state index contributed by atoms with van der Waals surface area (Å²) in [4.78, 5) is 14.1. The SMILES string of the molecule is Cc1cc(NS(=O)(=O)c2ccccc2)ccc1N1CCCCC1=O. The van der Waals surface area contributed by atoms with Crippen molar-refractivity contribution in [2.75, 3.05) is 16.2 Å². The average molecular weight is 344 g/mol. The van der Waals surface area contributed by atoms with E-state index in [4.69, 9.17) is 0 Å². The van der Waals surface area contributed by atoms with Crippen molar-refractivity contribution in [1.29, 1.82) is 0 Å². The number of hydrogen-bond acceptors (Lipinski definition) is 3. The van der Waals surface area contributed by atoms with Gasteiger partial charge in [0.15, 0.2) is 0 Å². The van der Waals surface area contributed by atoms with Gasteiger partial charge in [-0.25, -0.2) is 8.42 Å². The van der Waals surface area contributed by atoms with Gasteiger partial charge in [-0.2, -0.15) is 0 Å². The minimum atomic E-state index is -3.61. The number of benzene rings is 2. The Morgan fingerprint density at radius 1 is 1.04 bits per heavy atom. The molecule has 126 valence electrons. The van der Waals surface area contributed by atoms with Crippen LogP contribution in [0.3, 0.4) is 0 Å². The molecular weight excluding hydrogens is 324 g/mol. The van der Waals surface area contributed by atoms with E-state index in [-0.39, 0.29) is 10.8 Å². The van der Waals surface area contributed by atoms with Crippen LogP contribution >= 0.6 is 0 Å². The van der Waals surface area contributed by atoms with Crippen LogP contribution in [0.1, 0.15) is 24.8 Å². The van der Waals surface area contributed by atoms with Crippen molar-refractivity contribution in [3.63, 3.8) is 0 Å². The van der Waals surface area contributed by atoms with Gasteiger partial charge in [0.1, 0.15) is 0 Å². The van der Waals surface area contributed by atoms with Gasteiger partial charge in [-0.15, -0.1) is 0 Å². The first-order chi connectivity index (χ1) is 11.5. The van der Waals surface area contributed by atoms with Crippen LogP contribution in [0.25, 0.3) is 0 Å². The number of amides is 1. The fourth-order valence-electron chi connectivity index (χ4n) is 2.90. The Kier molecular flexibility index (Phi) is 4.57. The Labute approximate surface area is 142 Å². The molecule has 0 aromatic heterocycles. The van der Waals surface area contributed by atoms with Crippen LogP contribution in [-0.2, 0) is 14.8 Å². The van der Waals surface area contributed by atoms with Crippen LogP contribution < -0.4 is 9.62 Å². The fraction of sp³-hybridized carbons (Fsp3) is 0.278. The number of nitrogens with zero attached hydrogens (tertiary/aromatic N) is 1. The Morgan fingerprint density at radius 3 is 2.46 bits per heavy atom. The maximum absolute atomic E-state index is 12.4. The maximum atomic E-state index is 12.4. The summed E-state index contributed by atoms with van der Waals surface area (Å²) in [5, 5.41) is 0. The van der Waals surface area contributed by atoms with Crippen LogP contribution in [0.15, 0.2) is 53.4 Å². The van der Waals surface area contributed by atoms with E-state index in [1.807, 2.05) is 6.92 Å². The van der Waals surface area contributed by atoms with Crippen LogP contribution in [0.2, 0.25) is 0 Å². The molecule has 0 unspecified atom stereocenters. The van der Waals surface area contributed by atoms with Crippen LogP contribution in [-0.4, -0.2) is 20.9 Å². The van der Waals surface area contributed by atoms with E-state index >= 15 is 0 Å². The number of anilines is 2. The molecule has 0 aliphatic carbocycles. The molecule has 6 heteroatoms. The van der Waals surface area contributed by atoms with Crippen molar-refractivity contribution < 1.29 is 13.2 Å². The van der Waals surface area contributed by atoms with Gasteiger partial charge in [-0.3, -0.25) is 9.52 Å².